The molecule has 0 radical (unpaired) electrons. The summed E-state index contributed by atoms with van der Waals surface area (Å²) in [5.74, 6) is -1.93. The largest absolute Gasteiger partial charge is 0.507 e. The zero-order valence-corrected chi connectivity index (χ0v) is 13.2. The number of hydrogen-bond acceptors (Lipinski definition) is 5. The lowest BCUT2D eigenvalue weighted by Gasteiger charge is -2.13. The number of Topliss-reactive ketones (excluding diaryl/α,β-unsaturated/α-hetero) is 1. The maximum Gasteiger partial charge on any atom is 0.293 e. The van der Waals surface area contributed by atoms with Gasteiger partial charge in [-0.25, -0.2) is 0 Å². The van der Waals surface area contributed by atoms with Gasteiger partial charge >= 0.3 is 0 Å². The number of nitro groups is 1. The first-order valence-corrected chi connectivity index (χ1v) is 7.48. The third-order valence-electron chi connectivity index (χ3n) is 4.03. The van der Waals surface area contributed by atoms with Gasteiger partial charge in [-0.2, -0.15) is 0 Å². The Balaban J connectivity index is 2.07. The van der Waals surface area contributed by atoms with Crippen LogP contribution in [0.3, 0.4) is 0 Å². The van der Waals surface area contributed by atoms with Gasteiger partial charge in [0, 0.05) is 17.7 Å². The second kappa shape index (κ2) is 6.20. The molecular formula is C18H14N2O5. The van der Waals surface area contributed by atoms with Crippen LogP contribution in [0.5, 0.6) is 0 Å². The van der Waals surface area contributed by atoms with Crippen molar-refractivity contribution in [2.45, 2.75) is 13.0 Å². The van der Waals surface area contributed by atoms with Crippen LogP contribution >= 0.6 is 0 Å². The van der Waals surface area contributed by atoms with E-state index in [0.29, 0.717) is 11.1 Å². The molecule has 1 amide bonds. The number of ketones is 1. The minimum absolute atomic E-state index is 0.0669. The van der Waals surface area contributed by atoms with Crippen molar-refractivity contribution in [3.05, 3.63) is 80.9 Å². The molecule has 0 aliphatic carbocycles. The Morgan fingerprint density at radius 1 is 1.08 bits per heavy atom. The van der Waals surface area contributed by atoms with Gasteiger partial charge in [0.2, 0.25) is 0 Å². The number of carbonyl (C=O) groups is 2. The van der Waals surface area contributed by atoms with E-state index in [2.05, 4.69) is 5.32 Å². The van der Waals surface area contributed by atoms with Crippen LogP contribution in [0.15, 0.2) is 54.1 Å². The molecule has 25 heavy (non-hydrogen) atoms. The van der Waals surface area contributed by atoms with E-state index in [1.807, 2.05) is 6.92 Å². The first-order chi connectivity index (χ1) is 11.9. The number of carbonyl (C=O) groups excluding carboxylic acids is 2. The number of aliphatic hydroxyl groups excluding tert-OH is 1. The molecule has 2 aromatic carbocycles. The quantitative estimate of drug-likeness (QED) is 0.294. The fourth-order valence-electron chi connectivity index (χ4n) is 2.67. The number of hydrogen-bond donors (Lipinski definition) is 2. The van der Waals surface area contributed by atoms with E-state index in [-0.39, 0.29) is 17.0 Å². The molecule has 3 rings (SSSR count). The molecule has 1 fully saturated rings. The Labute approximate surface area is 142 Å². The van der Waals surface area contributed by atoms with Gasteiger partial charge in [-0.3, -0.25) is 19.7 Å². The zero-order chi connectivity index (χ0) is 18.1. The van der Waals surface area contributed by atoms with E-state index in [1.165, 1.54) is 24.3 Å². The lowest BCUT2D eigenvalue weighted by Crippen LogP contribution is -2.21. The molecule has 1 unspecified atom stereocenters. The SMILES string of the molecule is Cc1ccc(C(O)=C2C(=O)C(=O)NC2c2ccc([N+](=O)[O-])cc2)cc1. The molecule has 1 atom stereocenters. The van der Waals surface area contributed by atoms with E-state index in [4.69, 9.17) is 0 Å². The van der Waals surface area contributed by atoms with Crippen LogP contribution in [0.2, 0.25) is 0 Å². The van der Waals surface area contributed by atoms with Gasteiger partial charge in [-0.15, -0.1) is 0 Å². The van der Waals surface area contributed by atoms with Crippen molar-refractivity contribution < 1.29 is 19.6 Å². The van der Waals surface area contributed by atoms with E-state index >= 15 is 0 Å². The lowest BCUT2D eigenvalue weighted by molar-refractivity contribution is -0.384. The van der Waals surface area contributed by atoms with Crippen LogP contribution in [0.4, 0.5) is 5.69 Å². The Morgan fingerprint density at radius 2 is 1.68 bits per heavy atom. The van der Waals surface area contributed by atoms with Crippen molar-refractivity contribution in [2.24, 2.45) is 0 Å². The number of nitro benzene ring substituents is 1. The normalized spacial score (nSPS) is 18.8. The standard InChI is InChI=1S/C18H14N2O5/c1-10-2-4-12(5-3-10)16(21)14-15(19-18(23)17(14)22)11-6-8-13(9-7-11)20(24)25/h2-9,15,21H,1H3,(H,19,23). The summed E-state index contributed by atoms with van der Waals surface area (Å²) in [6.45, 7) is 1.89. The maximum absolute atomic E-state index is 12.2. The van der Waals surface area contributed by atoms with Gasteiger partial charge in [0.1, 0.15) is 5.76 Å². The fraction of sp³-hybridized carbons (Fsp3) is 0.111. The highest BCUT2D eigenvalue weighted by Gasteiger charge is 2.39. The average Bonchev–Trinajstić information content (AvgIpc) is 2.90. The number of aliphatic hydroxyl groups is 1. The Morgan fingerprint density at radius 3 is 2.24 bits per heavy atom. The van der Waals surface area contributed by atoms with Crippen molar-refractivity contribution in [1.82, 2.24) is 5.32 Å². The van der Waals surface area contributed by atoms with Crippen molar-refractivity contribution in [2.75, 3.05) is 0 Å². The smallest absolute Gasteiger partial charge is 0.293 e. The van der Waals surface area contributed by atoms with Gasteiger partial charge in [-0.1, -0.05) is 29.8 Å². The molecule has 1 saturated heterocycles. The molecule has 2 aromatic rings. The van der Waals surface area contributed by atoms with E-state index in [0.717, 1.165) is 5.56 Å². The molecule has 0 saturated carbocycles. The summed E-state index contributed by atoms with van der Waals surface area (Å²) in [5, 5.41) is 23.8. The minimum atomic E-state index is -0.859. The summed E-state index contributed by atoms with van der Waals surface area (Å²) in [6, 6.07) is 11.5. The third kappa shape index (κ3) is 2.99. The molecule has 2 N–H and O–H groups in total. The Bertz CT molecular complexity index is 898. The second-order valence-corrected chi connectivity index (χ2v) is 5.71. The molecule has 0 aromatic heterocycles. The molecule has 0 spiro atoms. The van der Waals surface area contributed by atoms with Crippen LogP contribution < -0.4 is 5.32 Å². The molecule has 1 aliphatic heterocycles. The Kier molecular flexibility index (Phi) is 4.06. The predicted molar refractivity (Wildman–Crippen MR) is 89.7 cm³/mol. The second-order valence-electron chi connectivity index (χ2n) is 5.71. The monoisotopic (exact) mass is 338 g/mol. The summed E-state index contributed by atoms with van der Waals surface area (Å²) in [6.07, 6.45) is 0. The van der Waals surface area contributed by atoms with Crippen LogP contribution in [0, 0.1) is 17.0 Å². The van der Waals surface area contributed by atoms with Crippen LogP contribution in [0.1, 0.15) is 22.7 Å². The number of nitrogens with one attached hydrogen (secondary N) is 1. The van der Waals surface area contributed by atoms with Crippen LogP contribution in [0.25, 0.3) is 5.76 Å². The molecule has 1 aliphatic rings. The highest BCUT2D eigenvalue weighted by atomic mass is 16.6. The van der Waals surface area contributed by atoms with Crippen molar-refractivity contribution in [3.63, 3.8) is 0 Å². The molecule has 7 nitrogen and oxygen atoms in total. The topological polar surface area (TPSA) is 110 Å². The number of aryl methyl sites for hydroxylation is 1. The van der Waals surface area contributed by atoms with Crippen molar-refractivity contribution >= 4 is 23.1 Å². The number of non-ortho nitro benzene ring substituents is 1. The van der Waals surface area contributed by atoms with E-state index in [1.54, 1.807) is 24.3 Å². The molecule has 0 bridgehead atoms. The van der Waals surface area contributed by atoms with Crippen molar-refractivity contribution in [3.8, 4) is 0 Å². The third-order valence-corrected chi connectivity index (χ3v) is 4.03. The summed E-state index contributed by atoms with van der Waals surface area (Å²) >= 11 is 0. The van der Waals surface area contributed by atoms with Crippen molar-refractivity contribution in [1.29, 1.82) is 0 Å². The zero-order valence-electron chi connectivity index (χ0n) is 13.2. The molecule has 7 heteroatoms. The number of nitrogens with zero attached hydrogens (tertiary/aromatic N) is 1. The summed E-state index contributed by atoms with van der Waals surface area (Å²) < 4.78 is 0. The molecule has 126 valence electrons. The van der Waals surface area contributed by atoms with Gasteiger partial charge in [-0.05, 0) is 24.6 Å². The lowest BCUT2D eigenvalue weighted by atomic mass is 9.95. The summed E-state index contributed by atoms with van der Waals surface area (Å²) in [7, 11) is 0. The van der Waals surface area contributed by atoms with E-state index < -0.39 is 22.7 Å². The summed E-state index contributed by atoms with van der Waals surface area (Å²) in [5.41, 5.74) is 1.70. The number of amides is 1. The highest BCUT2D eigenvalue weighted by Crippen LogP contribution is 2.33. The highest BCUT2D eigenvalue weighted by molar-refractivity contribution is 6.46. The van der Waals surface area contributed by atoms with Crippen LogP contribution in [-0.4, -0.2) is 21.7 Å². The fourth-order valence-corrected chi connectivity index (χ4v) is 2.67. The van der Waals surface area contributed by atoms with Gasteiger partial charge in [0.05, 0.1) is 16.5 Å². The average molecular weight is 338 g/mol. The van der Waals surface area contributed by atoms with Crippen LogP contribution in [-0.2, 0) is 9.59 Å². The first-order valence-electron chi connectivity index (χ1n) is 7.48. The maximum atomic E-state index is 12.2. The first kappa shape index (κ1) is 16.4. The van der Waals surface area contributed by atoms with Gasteiger partial charge < -0.3 is 10.4 Å². The summed E-state index contributed by atoms with van der Waals surface area (Å²) in [4.78, 5) is 34.2. The molecule has 1 heterocycles. The molecular weight excluding hydrogens is 324 g/mol. The van der Waals surface area contributed by atoms with Gasteiger partial charge in [0.25, 0.3) is 17.4 Å². The Hall–Kier alpha value is -3.48. The van der Waals surface area contributed by atoms with E-state index in [9.17, 15) is 24.8 Å². The number of benzene rings is 2. The van der Waals surface area contributed by atoms with Gasteiger partial charge in [0.15, 0.2) is 0 Å². The predicted octanol–water partition coefficient (Wildman–Crippen LogP) is 2.61. The number of rotatable bonds is 3. The minimum Gasteiger partial charge on any atom is -0.507 e.